The Kier molecular flexibility index (Phi) is 18.0. The second-order valence-corrected chi connectivity index (χ2v) is 20.3. The van der Waals surface area contributed by atoms with Crippen LogP contribution >= 0.6 is 0 Å². The van der Waals surface area contributed by atoms with Gasteiger partial charge in [-0.05, 0) is 88.1 Å². The van der Waals surface area contributed by atoms with E-state index in [1.165, 1.54) is 33.7 Å². The predicted molar refractivity (Wildman–Crippen MR) is 273 cm³/mol. The number of allylic oxidation sites excluding steroid dienone is 4. The van der Waals surface area contributed by atoms with E-state index >= 15 is 0 Å². The summed E-state index contributed by atoms with van der Waals surface area (Å²) >= 11 is 0. The monoisotopic (exact) mass is 1030 g/mol. The SMILES string of the molecule is CC(C)C[C@H](NC(=O)CNC(=O)CNC(=O)[C@H](CCCCNC(=O)CCCCN1/C(=C/C=C/C2=[N+](C)c3ccccc3C2(C)C)C(C)(C)c2ccccc21)NC(=O)c1ccc(C2(C(F)(F)F)N=N2)cc1)C(=O)NO. The number of nitrogens with one attached hydrogen (secondary N) is 6. The average Bonchev–Trinajstić information content (AvgIpc) is 4.13. The molecule has 2 atom stereocenters. The summed E-state index contributed by atoms with van der Waals surface area (Å²) in [5, 5.41) is 28.1. The molecule has 6 amide bonds. The van der Waals surface area contributed by atoms with Crippen LogP contribution in [0.4, 0.5) is 24.5 Å². The number of unbranched alkanes of at least 4 members (excludes halogenated alkanes) is 2. The molecule has 0 saturated heterocycles. The Morgan fingerprint density at radius 2 is 1.41 bits per heavy atom. The highest BCUT2D eigenvalue weighted by Crippen LogP contribution is 2.52. The molecule has 0 spiro atoms. The van der Waals surface area contributed by atoms with Gasteiger partial charge in [-0.3, -0.25) is 34.0 Å². The topological polar surface area (TPSA) is 226 Å². The van der Waals surface area contributed by atoms with E-state index in [9.17, 15) is 41.9 Å². The van der Waals surface area contributed by atoms with Gasteiger partial charge in [0, 0.05) is 65.1 Å². The molecule has 396 valence electrons. The Hall–Kier alpha value is -7.22. The minimum atomic E-state index is -4.76. The van der Waals surface area contributed by atoms with E-state index in [4.69, 9.17) is 5.21 Å². The molecule has 0 aliphatic carbocycles. The maximum atomic E-state index is 13.6. The second kappa shape index (κ2) is 23.8. The number of rotatable bonds is 24. The maximum absolute atomic E-state index is 13.6. The summed E-state index contributed by atoms with van der Waals surface area (Å²) < 4.78 is 43.0. The number of anilines is 1. The molecule has 3 aromatic rings. The zero-order chi connectivity index (χ0) is 54.0. The van der Waals surface area contributed by atoms with Crippen LogP contribution in [-0.4, -0.2) is 102 Å². The van der Waals surface area contributed by atoms with Crippen molar-refractivity contribution in [3.05, 3.63) is 119 Å². The van der Waals surface area contributed by atoms with Gasteiger partial charge in [0.15, 0.2) is 5.71 Å². The molecule has 0 radical (unpaired) electrons. The van der Waals surface area contributed by atoms with Gasteiger partial charge in [-0.1, -0.05) is 82.3 Å². The standard InChI is InChI=1S/C54H67F3N10O7/c1-34(2)31-40(50(73)63-74)61-47(70)33-59-46(69)32-60-49(72)39(62-48(71)35-25-27-36(28-26-35)53(64-65-53)54(55,56)57)19-12-14-29-58-45(68)24-13-15-30-67-42-21-11-9-18-38(42)52(5,6)44(67)23-16-22-43-51(3,4)37-17-8-10-20-41(37)66(43)7/h8-11,16-18,20-23,25-28,34,39-40H,12-15,19,24,29-33H2,1-7H3,(H6-,58,59,60,61,62,63,64,65,68,69,70,71,72,73,74)/p+1/t39-,40-/m0/s1. The van der Waals surface area contributed by atoms with E-state index < -0.39 is 66.5 Å². The number of fused-ring (bicyclic) bond motifs is 2. The fraction of sp³-hybridized carbons (Fsp3) is 0.463. The van der Waals surface area contributed by atoms with Gasteiger partial charge in [0.2, 0.25) is 29.3 Å². The summed E-state index contributed by atoms with van der Waals surface area (Å²) in [7, 11) is 2.10. The third kappa shape index (κ3) is 13.1. The van der Waals surface area contributed by atoms with Crippen molar-refractivity contribution in [3.8, 4) is 0 Å². The number of para-hydroxylation sites is 2. The highest BCUT2D eigenvalue weighted by molar-refractivity contribution is 6.03. The molecule has 6 rings (SSSR count). The van der Waals surface area contributed by atoms with Crippen LogP contribution in [0.25, 0.3) is 0 Å². The van der Waals surface area contributed by atoms with Crippen LogP contribution in [0, 0.1) is 5.92 Å². The largest absolute Gasteiger partial charge is 0.442 e. The van der Waals surface area contributed by atoms with Crippen molar-refractivity contribution in [1.82, 2.24) is 32.1 Å². The molecule has 0 bridgehead atoms. The van der Waals surface area contributed by atoms with Gasteiger partial charge < -0.3 is 31.5 Å². The normalized spacial score (nSPS) is 17.1. The minimum Gasteiger partial charge on any atom is -0.356 e. The fourth-order valence-electron chi connectivity index (χ4n) is 9.62. The summed E-state index contributed by atoms with van der Waals surface area (Å²) in [4.78, 5) is 79.3. The molecule has 0 aromatic heterocycles. The van der Waals surface area contributed by atoms with Crippen molar-refractivity contribution in [3.63, 3.8) is 0 Å². The number of amides is 6. The molecule has 3 aliphatic heterocycles. The van der Waals surface area contributed by atoms with Gasteiger partial charge in [-0.15, -0.1) is 10.2 Å². The van der Waals surface area contributed by atoms with Crippen LogP contribution < -0.4 is 37.0 Å². The molecule has 0 unspecified atom stereocenters. The van der Waals surface area contributed by atoms with Gasteiger partial charge in [0.1, 0.15) is 19.1 Å². The van der Waals surface area contributed by atoms with E-state index in [1.807, 2.05) is 19.9 Å². The summed E-state index contributed by atoms with van der Waals surface area (Å²) in [6.45, 7) is 12.4. The van der Waals surface area contributed by atoms with Crippen LogP contribution in [-0.2, 0) is 40.5 Å². The molecule has 0 saturated carbocycles. The van der Waals surface area contributed by atoms with Gasteiger partial charge in [-0.25, -0.2) is 5.48 Å². The lowest BCUT2D eigenvalue weighted by Gasteiger charge is -2.27. The summed E-state index contributed by atoms with van der Waals surface area (Å²) in [6.07, 6.45) is 4.52. The zero-order valence-electron chi connectivity index (χ0n) is 43.0. The molecule has 3 aliphatic rings. The minimum absolute atomic E-state index is 0.0120. The maximum Gasteiger partial charge on any atom is 0.442 e. The van der Waals surface area contributed by atoms with Crippen LogP contribution in [0.1, 0.15) is 114 Å². The summed E-state index contributed by atoms with van der Waals surface area (Å²) in [6, 6.07) is 19.1. The lowest BCUT2D eigenvalue weighted by Crippen LogP contribution is -2.51. The van der Waals surface area contributed by atoms with Crippen LogP contribution in [0.15, 0.2) is 107 Å². The Morgan fingerprint density at radius 1 is 0.743 bits per heavy atom. The molecular formula is C54H68F3N10O7+. The fourth-order valence-corrected chi connectivity index (χ4v) is 9.62. The van der Waals surface area contributed by atoms with Gasteiger partial charge >= 0.3 is 11.8 Å². The highest BCUT2D eigenvalue weighted by Gasteiger charge is 2.65. The van der Waals surface area contributed by atoms with Crippen molar-refractivity contribution in [2.24, 2.45) is 16.1 Å². The number of benzene rings is 3. The highest BCUT2D eigenvalue weighted by atomic mass is 19.4. The number of alkyl halides is 3. The van der Waals surface area contributed by atoms with Crippen molar-refractivity contribution in [1.29, 1.82) is 0 Å². The molecule has 3 heterocycles. The lowest BCUT2D eigenvalue weighted by molar-refractivity contribution is -0.401. The molecular weight excluding hydrogens is 958 g/mol. The van der Waals surface area contributed by atoms with E-state index in [0.717, 1.165) is 36.4 Å². The Bertz CT molecular complexity index is 2710. The Balaban J connectivity index is 0.996. The first-order valence-corrected chi connectivity index (χ1v) is 24.9. The zero-order valence-corrected chi connectivity index (χ0v) is 43.0. The lowest BCUT2D eigenvalue weighted by atomic mass is 9.81. The van der Waals surface area contributed by atoms with E-state index in [1.54, 1.807) is 0 Å². The first kappa shape index (κ1) is 56.1. The molecule has 7 N–H and O–H groups in total. The van der Waals surface area contributed by atoms with E-state index in [-0.39, 0.29) is 53.2 Å². The summed E-state index contributed by atoms with van der Waals surface area (Å²) in [5.74, 6) is -3.99. The van der Waals surface area contributed by atoms with Crippen LogP contribution in [0.2, 0.25) is 0 Å². The van der Waals surface area contributed by atoms with Gasteiger partial charge in [0.25, 0.3) is 11.8 Å². The van der Waals surface area contributed by atoms with Crippen molar-refractivity contribution in [2.45, 2.75) is 121 Å². The summed E-state index contributed by atoms with van der Waals surface area (Å²) in [5.41, 5.74) is 5.34. The van der Waals surface area contributed by atoms with Gasteiger partial charge in [-0.2, -0.15) is 17.7 Å². The number of halogens is 3. The third-order valence-electron chi connectivity index (χ3n) is 13.7. The quantitative estimate of drug-likeness (QED) is 0.0223. The Labute approximate surface area is 429 Å². The average molecular weight is 1030 g/mol. The smallest absolute Gasteiger partial charge is 0.356 e. The van der Waals surface area contributed by atoms with Crippen molar-refractivity contribution >= 4 is 52.5 Å². The van der Waals surface area contributed by atoms with E-state index in [2.05, 4.69) is 142 Å². The van der Waals surface area contributed by atoms with Crippen LogP contribution in [0.3, 0.4) is 0 Å². The Morgan fingerprint density at radius 3 is 2.05 bits per heavy atom. The number of hydroxylamine groups is 1. The molecule has 74 heavy (non-hydrogen) atoms. The van der Waals surface area contributed by atoms with Crippen molar-refractivity contribution in [2.75, 3.05) is 38.1 Å². The predicted octanol–water partition coefficient (Wildman–Crippen LogP) is 6.64. The van der Waals surface area contributed by atoms with Crippen molar-refractivity contribution < 1.29 is 51.7 Å². The van der Waals surface area contributed by atoms with E-state index in [0.29, 0.717) is 32.2 Å². The number of carbonyl (C=O) groups is 6. The number of hydrogen-bond acceptors (Lipinski definition) is 10. The molecule has 20 heteroatoms. The first-order valence-electron chi connectivity index (χ1n) is 24.9. The number of carbonyl (C=O) groups excluding carboxylic acids is 6. The number of hydrogen-bond donors (Lipinski definition) is 7. The van der Waals surface area contributed by atoms with Crippen LogP contribution in [0.5, 0.6) is 0 Å². The molecule has 0 fully saturated rings. The molecule has 17 nitrogen and oxygen atoms in total. The molecule has 3 aromatic carbocycles. The second-order valence-electron chi connectivity index (χ2n) is 20.3. The number of nitrogens with zero attached hydrogens (tertiary/aromatic N) is 4. The third-order valence-corrected chi connectivity index (χ3v) is 13.7. The first-order chi connectivity index (χ1) is 35.0. The van der Waals surface area contributed by atoms with Gasteiger partial charge in [0.05, 0.1) is 18.5 Å².